The van der Waals surface area contributed by atoms with Crippen molar-refractivity contribution >= 4 is 5.91 Å². The van der Waals surface area contributed by atoms with Crippen molar-refractivity contribution in [3.8, 4) is 17.2 Å². The van der Waals surface area contributed by atoms with Crippen molar-refractivity contribution < 1.29 is 13.7 Å². The summed E-state index contributed by atoms with van der Waals surface area (Å²) in [6.07, 6.45) is 1.56. The second-order valence-electron chi connectivity index (χ2n) is 6.32. The number of benzene rings is 1. The zero-order valence-corrected chi connectivity index (χ0v) is 14.0. The summed E-state index contributed by atoms with van der Waals surface area (Å²) in [7, 11) is 1.63. The average molecular weight is 341 g/mol. The summed E-state index contributed by atoms with van der Waals surface area (Å²) >= 11 is 0. The molecule has 1 aliphatic rings. The lowest BCUT2D eigenvalue weighted by Gasteiger charge is -2.14. The number of amides is 1. The molecule has 0 aliphatic carbocycles. The Bertz CT molecular complexity index is 975. The predicted molar refractivity (Wildman–Crippen MR) is 86.7 cm³/mol. The molecule has 3 aromatic rings. The first-order valence-electron chi connectivity index (χ1n) is 7.92. The first-order chi connectivity index (χ1) is 12.0. The number of hydrogen-bond donors (Lipinski definition) is 0. The van der Waals surface area contributed by atoms with Crippen LogP contribution in [0.3, 0.4) is 0 Å². The number of halogens is 1. The van der Waals surface area contributed by atoms with Crippen molar-refractivity contribution in [1.82, 2.24) is 24.6 Å². The minimum absolute atomic E-state index is 0.0312. The third-order valence-electron chi connectivity index (χ3n) is 4.21. The number of carbonyl (C=O) groups is 1. The van der Waals surface area contributed by atoms with Crippen molar-refractivity contribution in [3.63, 3.8) is 0 Å². The van der Waals surface area contributed by atoms with Gasteiger partial charge in [0, 0.05) is 13.0 Å². The molecule has 0 spiro atoms. The zero-order valence-electron chi connectivity index (χ0n) is 14.0. The van der Waals surface area contributed by atoms with Crippen molar-refractivity contribution in [2.24, 2.45) is 0 Å². The molecule has 0 saturated carbocycles. The van der Waals surface area contributed by atoms with E-state index in [0.29, 0.717) is 28.8 Å². The van der Waals surface area contributed by atoms with E-state index in [1.807, 2.05) is 13.8 Å². The second-order valence-corrected chi connectivity index (χ2v) is 6.32. The van der Waals surface area contributed by atoms with E-state index in [-0.39, 0.29) is 23.9 Å². The topological polar surface area (TPSA) is 77.1 Å². The Balaban J connectivity index is 1.91. The van der Waals surface area contributed by atoms with Gasteiger partial charge in [-0.25, -0.2) is 9.37 Å². The summed E-state index contributed by atoms with van der Waals surface area (Å²) in [5, 5.41) is 4.00. The first kappa shape index (κ1) is 15.5. The van der Waals surface area contributed by atoms with Gasteiger partial charge in [0.15, 0.2) is 0 Å². The van der Waals surface area contributed by atoms with E-state index in [2.05, 4.69) is 15.1 Å². The molecular formula is C17H16FN5O2. The van der Waals surface area contributed by atoms with Gasteiger partial charge in [-0.2, -0.15) is 4.98 Å². The SMILES string of the molecule is CC(C)c1nc(-c2ncn3c2CN(C)C(=O)c2c(F)cccc2-3)no1. The number of aromatic nitrogens is 4. The van der Waals surface area contributed by atoms with Gasteiger partial charge in [0.25, 0.3) is 5.91 Å². The molecule has 1 amide bonds. The lowest BCUT2D eigenvalue weighted by Crippen LogP contribution is -2.26. The van der Waals surface area contributed by atoms with Gasteiger partial charge < -0.3 is 9.42 Å². The average Bonchev–Trinajstić information content (AvgIpc) is 3.18. The van der Waals surface area contributed by atoms with Gasteiger partial charge in [-0.05, 0) is 12.1 Å². The van der Waals surface area contributed by atoms with Crippen LogP contribution < -0.4 is 0 Å². The summed E-state index contributed by atoms with van der Waals surface area (Å²) in [5.74, 6) is 0.0405. The monoisotopic (exact) mass is 341 g/mol. The summed E-state index contributed by atoms with van der Waals surface area (Å²) in [6, 6.07) is 4.54. The van der Waals surface area contributed by atoms with Crippen molar-refractivity contribution in [2.75, 3.05) is 7.05 Å². The van der Waals surface area contributed by atoms with Gasteiger partial charge >= 0.3 is 0 Å². The van der Waals surface area contributed by atoms with Crippen LogP contribution in [0.5, 0.6) is 0 Å². The molecule has 4 rings (SSSR count). The van der Waals surface area contributed by atoms with E-state index in [1.54, 1.807) is 30.1 Å². The van der Waals surface area contributed by atoms with Crippen molar-refractivity contribution in [1.29, 1.82) is 0 Å². The molecule has 25 heavy (non-hydrogen) atoms. The number of carbonyl (C=O) groups excluding carboxylic acids is 1. The zero-order chi connectivity index (χ0) is 17.7. The quantitative estimate of drug-likeness (QED) is 0.716. The Morgan fingerprint density at radius 3 is 2.84 bits per heavy atom. The molecule has 0 unspecified atom stereocenters. The van der Waals surface area contributed by atoms with Crippen LogP contribution in [0.2, 0.25) is 0 Å². The minimum atomic E-state index is -0.556. The normalized spacial score (nSPS) is 13.8. The highest BCUT2D eigenvalue weighted by atomic mass is 19.1. The molecule has 128 valence electrons. The number of fused-ring (bicyclic) bond motifs is 3. The van der Waals surface area contributed by atoms with Gasteiger partial charge in [-0.15, -0.1) is 0 Å². The highest BCUT2D eigenvalue weighted by molar-refractivity contribution is 5.98. The predicted octanol–water partition coefficient (Wildman–Crippen LogP) is 2.77. The third-order valence-corrected chi connectivity index (χ3v) is 4.21. The number of nitrogens with zero attached hydrogens (tertiary/aromatic N) is 5. The fourth-order valence-electron chi connectivity index (χ4n) is 2.90. The van der Waals surface area contributed by atoms with Crippen LogP contribution in [0.25, 0.3) is 17.2 Å². The Morgan fingerprint density at radius 1 is 1.32 bits per heavy atom. The molecule has 0 fully saturated rings. The standard InChI is InChI=1S/C17H16FN5O2/c1-9(2)16-20-15(21-25-16)14-12-7-22(3)17(24)13-10(18)5-4-6-11(13)23(12)8-19-14/h4-6,8-9H,7H2,1-3H3. The summed E-state index contributed by atoms with van der Waals surface area (Å²) in [5.41, 5.74) is 1.71. The maximum absolute atomic E-state index is 14.3. The van der Waals surface area contributed by atoms with Gasteiger partial charge in [-0.1, -0.05) is 25.1 Å². The molecule has 2 aromatic heterocycles. The van der Waals surface area contributed by atoms with Crippen LogP contribution in [0.15, 0.2) is 29.0 Å². The Morgan fingerprint density at radius 2 is 2.12 bits per heavy atom. The summed E-state index contributed by atoms with van der Waals surface area (Å²) in [6.45, 7) is 4.17. The Kier molecular flexibility index (Phi) is 3.41. The van der Waals surface area contributed by atoms with E-state index in [9.17, 15) is 9.18 Å². The van der Waals surface area contributed by atoms with E-state index in [1.165, 1.54) is 11.0 Å². The van der Waals surface area contributed by atoms with Crippen LogP contribution in [0.1, 0.15) is 41.7 Å². The second kappa shape index (κ2) is 5.51. The fourth-order valence-corrected chi connectivity index (χ4v) is 2.90. The largest absolute Gasteiger partial charge is 0.339 e. The minimum Gasteiger partial charge on any atom is -0.339 e. The summed E-state index contributed by atoms with van der Waals surface area (Å²) in [4.78, 5) is 22.8. The molecule has 8 heteroatoms. The van der Waals surface area contributed by atoms with Gasteiger partial charge in [0.2, 0.25) is 11.7 Å². The van der Waals surface area contributed by atoms with Crippen LogP contribution >= 0.6 is 0 Å². The van der Waals surface area contributed by atoms with Gasteiger partial charge in [0.05, 0.1) is 23.5 Å². The first-order valence-corrected chi connectivity index (χ1v) is 7.92. The molecular weight excluding hydrogens is 325 g/mol. The molecule has 0 N–H and O–H groups in total. The molecule has 0 atom stereocenters. The van der Waals surface area contributed by atoms with Crippen LogP contribution in [-0.2, 0) is 6.54 Å². The fraction of sp³-hybridized carbons (Fsp3) is 0.294. The molecule has 0 bridgehead atoms. The highest BCUT2D eigenvalue weighted by Crippen LogP contribution is 2.30. The molecule has 1 aromatic carbocycles. The van der Waals surface area contributed by atoms with Crippen LogP contribution in [0, 0.1) is 5.82 Å². The number of rotatable bonds is 2. The van der Waals surface area contributed by atoms with E-state index < -0.39 is 5.82 Å². The summed E-state index contributed by atoms with van der Waals surface area (Å²) < 4.78 is 21.2. The van der Waals surface area contributed by atoms with Crippen molar-refractivity contribution in [2.45, 2.75) is 26.3 Å². The van der Waals surface area contributed by atoms with E-state index in [0.717, 1.165) is 0 Å². The van der Waals surface area contributed by atoms with Crippen LogP contribution in [0.4, 0.5) is 4.39 Å². The lowest BCUT2D eigenvalue weighted by atomic mass is 10.1. The lowest BCUT2D eigenvalue weighted by molar-refractivity contribution is 0.0783. The molecule has 0 radical (unpaired) electrons. The van der Waals surface area contributed by atoms with Crippen LogP contribution in [-0.4, -0.2) is 37.5 Å². The molecule has 1 aliphatic heterocycles. The third kappa shape index (κ3) is 2.33. The van der Waals surface area contributed by atoms with E-state index in [4.69, 9.17) is 4.52 Å². The smallest absolute Gasteiger partial charge is 0.259 e. The van der Waals surface area contributed by atoms with Gasteiger partial charge in [0.1, 0.15) is 17.8 Å². The number of hydrogen-bond acceptors (Lipinski definition) is 5. The Labute approximate surface area is 143 Å². The molecule has 0 saturated heterocycles. The molecule has 7 nitrogen and oxygen atoms in total. The number of imidazole rings is 1. The van der Waals surface area contributed by atoms with Crippen molar-refractivity contribution in [3.05, 3.63) is 47.5 Å². The molecule has 3 heterocycles. The Hall–Kier alpha value is -3.03. The van der Waals surface area contributed by atoms with E-state index >= 15 is 0 Å². The van der Waals surface area contributed by atoms with Gasteiger partial charge in [-0.3, -0.25) is 9.36 Å². The highest BCUT2D eigenvalue weighted by Gasteiger charge is 2.30. The maximum atomic E-state index is 14.3. The maximum Gasteiger partial charge on any atom is 0.259 e.